The number of hydrogen-bond acceptors (Lipinski definition) is 3. The van der Waals surface area contributed by atoms with Gasteiger partial charge in [-0.15, -0.1) is 0 Å². The minimum absolute atomic E-state index is 0.128. The first-order chi connectivity index (χ1) is 7.15. The molecule has 0 radical (unpaired) electrons. The zero-order chi connectivity index (χ0) is 10.8. The number of carbonyl (C=O) groups is 1. The lowest BCUT2D eigenvalue weighted by Gasteiger charge is -2.41. The molecule has 0 amide bonds. The largest absolute Gasteiger partial charge is 0.481 e. The monoisotopic (exact) mass is 212 g/mol. The van der Waals surface area contributed by atoms with Crippen LogP contribution in [0.4, 0.5) is 0 Å². The fraction of sp³-hybridized carbons (Fsp3) is 0.909. The molecule has 0 spiro atoms. The Kier molecular flexibility index (Phi) is 3.26. The molecule has 2 rings (SSSR count). The zero-order valence-electron chi connectivity index (χ0n) is 9.35. The van der Waals surface area contributed by atoms with Crippen LogP contribution in [0, 0.1) is 11.8 Å². The molecule has 86 valence electrons. The van der Waals surface area contributed by atoms with Crippen LogP contribution in [0.25, 0.3) is 0 Å². The minimum atomic E-state index is -0.620. The summed E-state index contributed by atoms with van der Waals surface area (Å²) in [6.07, 6.45) is 1.90. The average molecular weight is 212 g/mol. The molecule has 1 atom stereocenters. The molecule has 0 bridgehead atoms. The molecule has 2 fully saturated rings. The molecule has 2 saturated heterocycles. The minimum Gasteiger partial charge on any atom is -0.481 e. The molecule has 0 aliphatic carbocycles. The van der Waals surface area contributed by atoms with Crippen molar-refractivity contribution in [1.82, 2.24) is 9.80 Å². The fourth-order valence-electron chi connectivity index (χ4n) is 2.73. The van der Waals surface area contributed by atoms with Crippen LogP contribution < -0.4 is 0 Å². The molecule has 0 saturated carbocycles. The lowest BCUT2D eigenvalue weighted by molar-refractivity contribution is -0.143. The van der Waals surface area contributed by atoms with E-state index in [1.807, 2.05) is 0 Å². The Hall–Kier alpha value is -0.610. The number of carboxylic acids is 1. The summed E-state index contributed by atoms with van der Waals surface area (Å²) >= 11 is 0. The third-order valence-corrected chi connectivity index (χ3v) is 3.51. The van der Waals surface area contributed by atoms with Gasteiger partial charge in [0.15, 0.2) is 0 Å². The molecule has 0 aromatic rings. The molecule has 2 aliphatic heterocycles. The molecular weight excluding hydrogens is 192 g/mol. The van der Waals surface area contributed by atoms with Gasteiger partial charge in [0.1, 0.15) is 0 Å². The predicted octanol–water partition coefficient (Wildman–Crippen LogP) is 0.345. The molecule has 4 heteroatoms. The summed E-state index contributed by atoms with van der Waals surface area (Å²) in [7, 11) is 2.13. The lowest BCUT2D eigenvalue weighted by Crippen LogP contribution is -2.51. The fourth-order valence-corrected chi connectivity index (χ4v) is 2.73. The van der Waals surface area contributed by atoms with E-state index in [2.05, 4.69) is 16.8 Å². The van der Waals surface area contributed by atoms with Crippen LogP contribution in [0.15, 0.2) is 0 Å². The van der Waals surface area contributed by atoms with Crippen molar-refractivity contribution in [2.75, 3.05) is 39.8 Å². The van der Waals surface area contributed by atoms with Crippen molar-refractivity contribution in [2.45, 2.75) is 12.8 Å². The van der Waals surface area contributed by atoms with Gasteiger partial charge in [0, 0.05) is 26.2 Å². The molecule has 0 aromatic heterocycles. The van der Waals surface area contributed by atoms with Crippen molar-refractivity contribution in [3.8, 4) is 0 Å². The van der Waals surface area contributed by atoms with Gasteiger partial charge >= 0.3 is 5.97 Å². The maximum absolute atomic E-state index is 10.9. The Balaban J connectivity index is 1.75. The molecule has 1 unspecified atom stereocenters. The van der Waals surface area contributed by atoms with Crippen molar-refractivity contribution in [3.63, 3.8) is 0 Å². The van der Waals surface area contributed by atoms with E-state index in [4.69, 9.17) is 5.11 Å². The van der Waals surface area contributed by atoms with Gasteiger partial charge in [-0.1, -0.05) is 0 Å². The van der Waals surface area contributed by atoms with E-state index in [1.165, 1.54) is 13.1 Å². The van der Waals surface area contributed by atoms with Crippen LogP contribution in [0.2, 0.25) is 0 Å². The number of rotatable bonds is 3. The number of likely N-dealkylation sites (tertiary alicyclic amines) is 2. The van der Waals surface area contributed by atoms with Crippen molar-refractivity contribution in [3.05, 3.63) is 0 Å². The third kappa shape index (κ3) is 2.69. The van der Waals surface area contributed by atoms with E-state index in [1.54, 1.807) is 0 Å². The van der Waals surface area contributed by atoms with E-state index in [-0.39, 0.29) is 5.92 Å². The average Bonchev–Trinajstić information content (AvgIpc) is 2.16. The Morgan fingerprint density at radius 3 is 2.73 bits per heavy atom. The predicted molar refractivity (Wildman–Crippen MR) is 57.8 cm³/mol. The maximum Gasteiger partial charge on any atom is 0.307 e. The highest BCUT2D eigenvalue weighted by Crippen LogP contribution is 2.20. The number of nitrogens with zero attached hydrogens (tertiary/aromatic N) is 2. The first-order valence-corrected chi connectivity index (χ1v) is 5.79. The Morgan fingerprint density at radius 2 is 2.13 bits per heavy atom. The van der Waals surface area contributed by atoms with Gasteiger partial charge in [-0.25, -0.2) is 0 Å². The highest BCUT2D eigenvalue weighted by Gasteiger charge is 2.30. The number of aliphatic carboxylic acids is 1. The van der Waals surface area contributed by atoms with Gasteiger partial charge in [0.25, 0.3) is 0 Å². The highest BCUT2D eigenvalue weighted by molar-refractivity contribution is 5.70. The van der Waals surface area contributed by atoms with E-state index < -0.39 is 5.97 Å². The van der Waals surface area contributed by atoms with Crippen molar-refractivity contribution in [1.29, 1.82) is 0 Å². The Labute approximate surface area is 90.9 Å². The van der Waals surface area contributed by atoms with Crippen LogP contribution in [-0.4, -0.2) is 60.6 Å². The van der Waals surface area contributed by atoms with Gasteiger partial charge in [0.2, 0.25) is 0 Å². The molecule has 1 N–H and O–H groups in total. The van der Waals surface area contributed by atoms with E-state index in [9.17, 15) is 4.79 Å². The summed E-state index contributed by atoms with van der Waals surface area (Å²) < 4.78 is 0. The molecule has 2 heterocycles. The summed E-state index contributed by atoms with van der Waals surface area (Å²) in [5.74, 6) is 0.0181. The summed E-state index contributed by atoms with van der Waals surface area (Å²) in [6, 6.07) is 0. The summed E-state index contributed by atoms with van der Waals surface area (Å²) in [5.41, 5.74) is 0. The van der Waals surface area contributed by atoms with E-state index >= 15 is 0 Å². The summed E-state index contributed by atoms with van der Waals surface area (Å²) in [6.45, 7) is 5.29. The molecule has 2 aliphatic rings. The second kappa shape index (κ2) is 4.49. The lowest BCUT2D eigenvalue weighted by atomic mass is 9.95. The van der Waals surface area contributed by atoms with Gasteiger partial charge in [-0.2, -0.15) is 0 Å². The quantitative estimate of drug-likeness (QED) is 0.733. The van der Waals surface area contributed by atoms with Crippen molar-refractivity contribution in [2.24, 2.45) is 11.8 Å². The number of hydrogen-bond donors (Lipinski definition) is 1. The normalized spacial score (nSPS) is 30.1. The summed E-state index contributed by atoms with van der Waals surface area (Å²) in [5, 5.41) is 8.97. The van der Waals surface area contributed by atoms with Crippen LogP contribution in [0.3, 0.4) is 0 Å². The second-order valence-electron chi connectivity index (χ2n) is 5.02. The van der Waals surface area contributed by atoms with Crippen LogP contribution in [-0.2, 0) is 4.79 Å². The molecule has 4 nitrogen and oxygen atoms in total. The topological polar surface area (TPSA) is 43.8 Å². The van der Waals surface area contributed by atoms with Gasteiger partial charge < -0.3 is 14.9 Å². The van der Waals surface area contributed by atoms with Crippen molar-refractivity contribution < 1.29 is 9.90 Å². The first-order valence-electron chi connectivity index (χ1n) is 5.79. The highest BCUT2D eigenvalue weighted by atomic mass is 16.4. The third-order valence-electron chi connectivity index (χ3n) is 3.51. The summed E-state index contributed by atoms with van der Waals surface area (Å²) in [4.78, 5) is 15.5. The van der Waals surface area contributed by atoms with Gasteiger partial charge in [0.05, 0.1) is 5.92 Å². The Bertz CT molecular complexity index is 239. The van der Waals surface area contributed by atoms with Gasteiger partial charge in [-0.05, 0) is 32.4 Å². The molecular formula is C11H20N2O2. The number of carboxylic acid groups (broad SMARTS) is 1. The Morgan fingerprint density at radius 1 is 1.40 bits per heavy atom. The van der Waals surface area contributed by atoms with Crippen LogP contribution in [0.5, 0.6) is 0 Å². The molecule has 0 aromatic carbocycles. The second-order valence-corrected chi connectivity index (χ2v) is 5.02. The van der Waals surface area contributed by atoms with E-state index in [0.717, 1.165) is 38.4 Å². The first kappa shape index (κ1) is 10.9. The van der Waals surface area contributed by atoms with Crippen LogP contribution >= 0.6 is 0 Å². The number of piperidine rings is 1. The maximum atomic E-state index is 10.9. The standard InChI is InChI=1S/C11H20N2O2/c1-12-5-9(6-12)7-13-4-2-3-10(8-13)11(14)15/h9-10H,2-8H2,1H3,(H,14,15). The van der Waals surface area contributed by atoms with Crippen molar-refractivity contribution >= 4 is 5.97 Å². The van der Waals surface area contributed by atoms with E-state index in [0.29, 0.717) is 0 Å². The smallest absolute Gasteiger partial charge is 0.307 e. The van der Waals surface area contributed by atoms with Gasteiger partial charge in [-0.3, -0.25) is 4.79 Å². The molecule has 15 heavy (non-hydrogen) atoms. The van der Waals surface area contributed by atoms with Crippen LogP contribution in [0.1, 0.15) is 12.8 Å². The SMILES string of the molecule is CN1CC(CN2CCCC(C(=O)O)C2)C1. The zero-order valence-corrected chi connectivity index (χ0v) is 9.35.